The van der Waals surface area contributed by atoms with Crippen molar-refractivity contribution in [3.8, 4) is 0 Å². The zero-order valence-electron chi connectivity index (χ0n) is 14.0. The lowest BCUT2D eigenvalue weighted by molar-refractivity contribution is 0.0975. The van der Waals surface area contributed by atoms with E-state index in [9.17, 15) is 4.79 Å². The molecule has 4 rings (SSSR count). The molecule has 0 saturated heterocycles. The fourth-order valence-electron chi connectivity index (χ4n) is 3.16. The second-order valence-electron chi connectivity index (χ2n) is 6.26. The standard InChI is InChI=1S/C21H16BrClN2O/c1-13-9-10-16(12-18(13)23)25-20(14-5-4-6-15(22)11-14)24-19-8-3-2-7-17(19)21(25)26/h2-12,20,24H,1H3. The van der Waals surface area contributed by atoms with E-state index < -0.39 is 0 Å². The predicted octanol–water partition coefficient (Wildman–Crippen LogP) is 6.18. The molecule has 1 amide bonds. The highest BCUT2D eigenvalue weighted by atomic mass is 79.9. The number of nitrogens with zero attached hydrogens (tertiary/aromatic N) is 1. The smallest absolute Gasteiger partial charge is 0.262 e. The van der Waals surface area contributed by atoms with Gasteiger partial charge >= 0.3 is 0 Å². The van der Waals surface area contributed by atoms with Gasteiger partial charge in [-0.1, -0.05) is 57.9 Å². The summed E-state index contributed by atoms with van der Waals surface area (Å²) >= 11 is 9.85. The second-order valence-corrected chi connectivity index (χ2v) is 7.58. The summed E-state index contributed by atoms with van der Waals surface area (Å²) in [5.41, 5.74) is 4.20. The van der Waals surface area contributed by atoms with Gasteiger partial charge in [0.05, 0.1) is 5.56 Å². The van der Waals surface area contributed by atoms with Crippen LogP contribution in [0, 0.1) is 6.92 Å². The Morgan fingerprint density at radius 2 is 1.85 bits per heavy atom. The van der Waals surface area contributed by atoms with Gasteiger partial charge in [-0.15, -0.1) is 0 Å². The maximum Gasteiger partial charge on any atom is 0.262 e. The van der Waals surface area contributed by atoms with E-state index in [4.69, 9.17) is 11.6 Å². The summed E-state index contributed by atoms with van der Waals surface area (Å²) in [5, 5.41) is 4.14. The number of hydrogen-bond acceptors (Lipinski definition) is 2. The van der Waals surface area contributed by atoms with Crippen LogP contribution in [0.2, 0.25) is 5.02 Å². The number of benzene rings is 3. The number of carbonyl (C=O) groups excluding carboxylic acids is 1. The molecule has 1 unspecified atom stereocenters. The molecule has 0 saturated carbocycles. The molecular weight excluding hydrogens is 412 g/mol. The molecule has 26 heavy (non-hydrogen) atoms. The number of nitrogens with one attached hydrogen (secondary N) is 1. The van der Waals surface area contributed by atoms with Crippen molar-refractivity contribution in [2.24, 2.45) is 0 Å². The van der Waals surface area contributed by atoms with Gasteiger partial charge in [0.1, 0.15) is 6.17 Å². The SMILES string of the molecule is Cc1ccc(N2C(=O)c3ccccc3NC2c2cccc(Br)c2)cc1Cl. The van der Waals surface area contributed by atoms with Gasteiger partial charge in [0.15, 0.2) is 0 Å². The largest absolute Gasteiger partial charge is 0.360 e. The van der Waals surface area contributed by atoms with Crippen LogP contribution in [-0.2, 0) is 0 Å². The van der Waals surface area contributed by atoms with Crippen LogP contribution in [0.4, 0.5) is 11.4 Å². The first kappa shape index (κ1) is 17.1. The number of aryl methyl sites for hydroxylation is 1. The van der Waals surface area contributed by atoms with Crippen molar-refractivity contribution in [3.05, 3.63) is 92.9 Å². The Labute approximate surface area is 165 Å². The average Bonchev–Trinajstić information content (AvgIpc) is 2.64. The Morgan fingerprint density at radius 1 is 1.04 bits per heavy atom. The molecule has 0 radical (unpaired) electrons. The molecule has 0 aliphatic carbocycles. The number of anilines is 2. The number of fused-ring (bicyclic) bond motifs is 1. The Balaban J connectivity index is 1.88. The summed E-state index contributed by atoms with van der Waals surface area (Å²) in [6, 6.07) is 21.2. The van der Waals surface area contributed by atoms with Crippen LogP contribution in [0.25, 0.3) is 0 Å². The topological polar surface area (TPSA) is 32.3 Å². The summed E-state index contributed by atoms with van der Waals surface area (Å²) in [7, 11) is 0. The molecule has 1 aliphatic heterocycles. The van der Waals surface area contributed by atoms with Crippen molar-refractivity contribution in [3.63, 3.8) is 0 Å². The van der Waals surface area contributed by atoms with Gasteiger partial charge in [-0.25, -0.2) is 0 Å². The third-order valence-corrected chi connectivity index (χ3v) is 5.43. The second kappa shape index (κ2) is 6.78. The van der Waals surface area contributed by atoms with Crippen molar-refractivity contribution in [1.82, 2.24) is 0 Å². The van der Waals surface area contributed by atoms with Gasteiger partial charge in [-0.2, -0.15) is 0 Å². The van der Waals surface area contributed by atoms with Gasteiger partial charge in [0.2, 0.25) is 0 Å². The lowest BCUT2D eigenvalue weighted by atomic mass is 10.0. The van der Waals surface area contributed by atoms with Crippen LogP contribution in [0.5, 0.6) is 0 Å². The molecule has 5 heteroatoms. The van der Waals surface area contributed by atoms with E-state index in [-0.39, 0.29) is 12.1 Å². The van der Waals surface area contributed by atoms with E-state index in [2.05, 4.69) is 21.2 Å². The molecule has 1 aliphatic rings. The lowest BCUT2D eigenvalue weighted by Crippen LogP contribution is -2.43. The van der Waals surface area contributed by atoms with E-state index >= 15 is 0 Å². The molecule has 3 aromatic rings. The minimum Gasteiger partial charge on any atom is -0.360 e. The molecule has 1 N–H and O–H groups in total. The molecule has 3 aromatic carbocycles. The highest BCUT2D eigenvalue weighted by molar-refractivity contribution is 9.10. The zero-order chi connectivity index (χ0) is 18.3. The highest BCUT2D eigenvalue weighted by Gasteiger charge is 2.34. The molecule has 0 aromatic heterocycles. The normalized spacial score (nSPS) is 16.2. The summed E-state index contributed by atoms with van der Waals surface area (Å²) in [5.74, 6) is -0.0516. The van der Waals surface area contributed by atoms with Gasteiger partial charge in [0, 0.05) is 20.9 Å². The van der Waals surface area contributed by atoms with Gasteiger partial charge in [0.25, 0.3) is 5.91 Å². The fourth-order valence-corrected chi connectivity index (χ4v) is 3.75. The third kappa shape index (κ3) is 3.00. The minimum absolute atomic E-state index is 0.0516. The maximum atomic E-state index is 13.3. The maximum absolute atomic E-state index is 13.3. The van der Waals surface area contributed by atoms with Crippen molar-refractivity contribution in [2.45, 2.75) is 13.1 Å². The van der Waals surface area contributed by atoms with E-state index in [1.807, 2.05) is 73.7 Å². The average molecular weight is 428 g/mol. The van der Waals surface area contributed by atoms with E-state index in [1.54, 1.807) is 4.90 Å². The molecular formula is C21H16BrClN2O. The molecule has 0 fully saturated rings. The third-order valence-electron chi connectivity index (χ3n) is 4.52. The van der Waals surface area contributed by atoms with Gasteiger partial charge in [-0.3, -0.25) is 9.69 Å². The quantitative estimate of drug-likeness (QED) is 0.529. The Kier molecular flexibility index (Phi) is 4.47. The van der Waals surface area contributed by atoms with E-state index in [0.717, 1.165) is 27.0 Å². The number of hydrogen-bond donors (Lipinski definition) is 1. The number of halogens is 2. The van der Waals surface area contributed by atoms with Crippen LogP contribution >= 0.6 is 27.5 Å². The molecule has 130 valence electrons. The molecule has 1 heterocycles. The van der Waals surface area contributed by atoms with Crippen LogP contribution < -0.4 is 10.2 Å². The Bertz CT molecular complexity index is 1000. The summed E-state index contributed by atoms with van der Waals surface area (Å²) in [6.45, 7) is 1.95. The van der Waals surface area contributed by atoms with Crippen LogP contribution in [0.3, 0.4) is 0 Å². The Morgan fingerprint density at radius 3 is 2.62 bits per heavy atom. The van der Waals surface area contributed by atoms with Crippen molar-refractivity contribution >= 4 is 44.8 Å². The van der Waals surface area contributed by atoms with Crippen LogP contribution in [0.15, 0.2) is 71.2 Å². The van der Waals surface area contributed by atoms with Crippen LogP contribution in [-0.4, -0.2) is 5.91 Å². The summed E-state index contributed by atoms with van der Waals surface area (Å²) in [4.78, 5) is 15.1. The van der Waals surface area contributed by atoms with Crippen molar-refractivity contribution in [1.29, 1.82) is 0 Å². The molecule has 0 bridgehead atoms. The number of rotatable bonds is 2. The fraction of sp³-hybridized carbons (Fsp3) is 0.0952. The molecule has 3 nitrogen and oxygen atoms in total. The summed E-state index contributed by atoms with van der Waals surface area (Å²) in [6.07, 6.45) is -0.325. The number of carbonyl (C=O) groups is 1. The van der Waals surface area contributed by atoms with Gasteiger partial charge < -0.3 is 5.32 Å². The van der Waals surface area contributed by atoms with Gasteiger partial charge in [-0.05, 0) is 54.4 Å². The minimum atomic E-state index is -0.325. The first-order chi connectivity index (χ1) is 12.5. The number of amides is 1. The highest BCUT2D eigenvalue weighted by Crippen LogP contribution is 2.38. The van der Waals surface area contributed by atoms with E-state index in [0.29, 0.717) is 10.6 Å². The Hall–Kier alpha value is -2.30. The zero-order valence-corrected chi connectivity index (χ0v) is 16.4. The molecule has 0 spiro atoms. The van der Waals surface area contributed by atoms with Crippen molar-refractivity contribution < 1.29 is 4.79 Å². The first-order valence-electron chi connectivity index (χ1n) is 8.25. The lowest BCUT2D eigenvalue weighted by Gasteiger charge is -2.38. The van der Waals surface area contributed by atoms with Crippen LogP contribution in [0.1, 0.15) is 27.7 Å². The predicted molar refractivity (Wildman–Crippen MR) is 110 cm³/mol. The van der Waals surface area contributed by atoms with E-state index in [1.165, 1.54) is 0 Å². The monoisotopic (exact) mass is 426 g/mol. The number of para-hydroxylation sites is 1. The first-order valence-corrected chi connectivity index (χ1v) is 9.42. The summed E-state index contributed by atoms with van der Waals surface area (Å²) < 4.78 is 0.963. The van der Waals surface area contributed by atoms with Crippen molar-refractivity contribution in [2.75, 3.05) is 10.2 Å². The molecule has 1 atom stereocenters.